The van der Waals surface area contributed by atoms with Crippen LogP contribution in [0.2, 0.25) is 0 Å². The van der Waals surface area contributed by atoms with E-state index in [-0.39, 0.29) is 11.4 Å². The van der Waals surface area contributed by atoms with Crippen LogP contribution in [0.1, 0.15) is 38.5 Å². The van der Waals surface area contributed by atoms with E-state index in [0.717, 1.165) is 12.8 Å². The standard InChI is InChI=1S/C10H14O2/c11-9-4-7-12-10(8-9)5-2-1-3-6-10/h4,7H,1-3,5-6,8H2. The summed E-state index contributed by atoms with van der Waals surface area (Å²) in [5, 5.41) is 0. The summed E-state index contributed by atoms with van der Waals surface area (Å²) in [5.74, 6) is 0.225. The van der Waals surface area contributed by atoms with Gasteiger partial charge in [-0.05, 0) is 25.7 Å². The lowest BCUT2D eigenvalue weighted by Gasteiger charge is -2.37. The smallest absolute Gasteiger partial charge is 0.162 e. The molecule has 0 N–H and O–H groups in total. The normalized spacial score (nSPS) is 27.2. The molecule has 66 valence electrons. The zero-order chi connectivity index (χ0) is 8.44. The first-order chi connectivity index (χ1) is 5.81. The third kappa shape index (κ3) is 1.38. The van der Waals surface area contributed by atoms with Crippen molar-refractivity contribution in [1.29, 1.82) is 0 Å². The Kier molecular flexibility index (Phi) is 1.91. The van der Waals surface area contributed by atoms with Gasteiger partial charge in [0, 0.05) is 6.08 Å². The van der Waals surface area contributed by atoms with E-state index in [1.807, 2.05) is 0 Å². The zero-order valence-electron chi connectivity index (χ0n) is 7.21. The monoisotopic (exact) mass is 166 g/mol. The van der Waals surface area contributed by atoms with Crippen LogP contribution in [0.4, 0.5) is 0 Å². The van der Waals surface area contributed by atoms with Gasteiger partial charge in [-0.15, -0.1) is 0 Å². The van der Waals surface area contributed by atoms with Crippen molar-refractivity contribution in [2.45, 2.75) is 44.1 Å². The van der Waals surface area contributed by atoms with Crippen LogP contribution in [0, 0.1) is 0 Å². The largest absolute Gasteiger partial charge is 0.494 e. The number of hydrogen-bond acceptors (Lipinski definition) is 2. The summed E-state index contributed by atoms with van der Waals surface area (Å²) < 4.78 is 5.58. The Balaban J connectivity index is 2.09. The lowest BCUT2D eigenvalue weighted by atomic mass is 9.80. The van der Waals surface area contributed by atoms with E-state index in [0.29, 0.717) is 6.42 Å². The molecule has 2 nitrogen and oxygen atoms in total. The molecule has 0 aromatic rings. The van der Waals surface area contributed by atoms with Crippen LogP contribution in [0.5, 0.6) is 0 Å². The fourth-order valence-corrected chi connectivity index (χ4v) is 2.16. The van der Waals surface area contributed by atoms with Crippen LogP contribution in [0.25, 0.3) is 0 Å². The molecule has 1 spiro atoms. The van der Waals surface area contributed by atoms with Crippen molar-refractivity contribution in [2.24, 2.45) is 0 Å². The van der Waals surface area contributed by atoms with Crippen LogP contribution >= 0.6 is 0 Å². The molecule has 0 bridgehead atoms. The Bertz CT molecular complexity index is 212. The minimum atomic E-state index is -0.107. The second-order valence-electron chi connectivity index (χ2n) is 3.81. The minimum absolute atomic E-state index is 0.107. The van der Waals surface area contributed by atoms with Crippen molar-refractivity contribution in [3.63, 3.8) is 0 Å². The van der Waals surface area contributed by atoms with Gasteiger partial charge < -0.3 is 4.74 Å². The van der Waals surface area contributed by atoms with Crippen molar-refractivity contribution in [1.82, 2.24) is 0 Å². The molecule has 0 atom stereocenters. The van der Waals surface area contributed by atoms with Gasteiger partial charge in [0.05, 0.1) is 12.7 Å². The second-order valence-corrected chi connectivity index (χ2v) is 3.81. The maximum atomic E-state index is 11.2. The van der Waals surface area contributed by atoms with E-state index in [4.69, 9.17) is 4.74 Å². The zero-order valence-corrected chi connectivity index (χ0v) is 7.21. The molecule has 2 heteroatoms. The highest BCUT2D eigenvalue weighted by molar-refractivity contribution is 5.90. The lowest BCUT2D eigenvalue weighted by molar-refractivity contribution is -0.124. The van der Waals surface area contributed by atoms with Crippen molar-refractivity contribution in [3.8, 4) is 0 Å². The summed E-state index contributed by atoms with van der Waals surface area (Å²) in [5.41, 5.74) is -0.107. The van der Waals surface area contributed by atoms with E-state index in [2.05, 4.69) is 0 Å². The van der Waals surface area contributed by atoms with E-state index in [1.165, 1.54) is 19.3 Å². The van der Waals surface area contributed by atoms with Gasteiger partial charge in [0.25, 0.3) is 0 Å². The Morgan fingerprint density at radius 2 is 2.00 bits per heavy atom. The highest BCUT2D eigenvalue weighted by Gasteiger charge is 2.36. The number of hydrogen-bond donors (Lipinski definition) is 0. The van der Waals surface area contributed by atoms with Gasteiger partial charge in [0.1, 0.15) is 5.60 Å². The molecule has 0 radical (unpaired) electrons. The average molecular weight is 166 g/mol. The fraction of sp³-hybridized carbons (Fsp3) is 0.700. The summed E-state index contributed by atoms with van der Waals surface area (Å²) in [6, 6.07) is 0. The highest BCUT2D eigenvalue weighted by atomic mass is 16.5. The number of allylic oxidation sites excluding steroid dienone is 1. The van der Waals surface area contributed by atoms with Gasteiger partial charge in [-0.2, -0.15) is 0 Å². The van der Waals surface area contributed by atoms with Crippen LogP contribution in [0.15, 0.2) is 12.3 Å². The van der Waals surface area contributed by atoms with Crippen LogP contribution in [0.3, 0.4) is 0 Å². The van der Waals surface area contributed by atoms with E-state index in [9.17, 15) is 4.79 Å². The molecule has 0 aromatic heterocycles. The summed E-state index contributed by atoms with van der Waals surface area (Å²) in [6.07, 6.45) is 9.55. The van der Waals surface area contributed by atoms with Gasteiger partial charge >= 0.3 is 0 Å². The highest BCUT2D eigenvalue weighted by Crippen LogP contribution is 2.36. The molecular formula is C10H14O2. The number of carbonyl (C=O) groups is 1. The first-order valence-corrected chi connectivity index (χ1v) is 4.68. The quantitative estimate of drug-likeness (QED) is 0.551. The number of carbonyl (C=O) groups excluding carboxylic acids is 1. The van der Waals surface area contributed by atoms with Crippen molar-refractivity contribution in [2.75, 3.05) is 0 Å². The van der Waals surface area contributed by atoms with Gasteiger partial charge in [-0.1, -0.05) is 6.42 Å². The SMILES string of the molecule is O=C1C=COC2(CCCCC2)C1. The first kappa shape index (κ1) is 7.84. The third-order valence-electron chi connectivity index (χ3n) is 2.83. The van der Waals surface area contributed by atoms with Crippen LogP contribution in [-0.4, -0.2) is 11.4 Å². The predicted octanol–water partition coefficient (Wildman–Crippen LogP) is 2.19. The predicted molar refractivity (Wildman–Crippen MR) is 45.7 cm³/mol. The van der Waals surface area contributed by atoms with Crippen LogP contribution < -0.4 is 0 Å². The Hall–Kier alpha value is -0.790. The summed E-state index contributed by atoms with van der Waals surface area (Å²) in [6.45, 7) is 0. The Morgan fingerprint density at radius 1 is 1.25 bits per heavy atom. The summed E-state index contributed by atoms with van der Waals surface area (Å²) in [4.78, 5) is 11.2. The van der Waals surface area contributed by atoms with Gasteiger partial charge in [0.15, 0.2) is 5.78 Å². The van der Waals surface area contributed by atoms with E-state index >= 15 is 0 Å². The van der Waals surface area contributed by atoms with E-state index in [1.54, 1.807) is 12.3 Å². The molecule has 2 rings (SSSR count). The topological polar surface area (TPSA) is 26.3 Å². The van der Waals surface area contributed by atoms with Crippen molar-refractivity contribution >= 4 is 5.78 Å². The average Bonchev–Trinajstić information content (AvgIpc) is 2.05. The lowest BCUT2D eigenvalue weighted by Crippen LogP contribution is -2.37. The molecule has 0 aromatic carbocycles. The molecule has 1 fully saturated rings. The van der Waals surface area contributed by atoms with E-state index < -0.39 is 0 Å². The molecule has 2 aliphatic rings. The van der Waals surface area contributed by atoms with Crippen molar-refractivity contribution < 1.29 is 9.53 Å². The minimum Gasteiger partial charge on any atom is -0.494 e. The summed E-state index contributed by atoms with van der Waals surface area (Å²) >= 11 is 0. The molecule has 0 amide bonds. The van der Waals surface area contributed by atoms with Gasteiger partial charge in [0.2, 0.25) is 0 Å². The maximum Gasteiger partial charge on any atom is 0.162 e. The Labute approximate surface area is 72.6 Å². The first-order valence-electron chi connectivity index (χ1n) is 4.68. The molecular weight excluding hydrogens is 152 g/mol. The molecule has 1 saturated carbocycles. The molecule has 0 unspecified atom stereocenters. The fourth-order valence-electron chi connectivity index (χ4n) is 2.16. The number of ether oxygens (including phenoxy) is 1. The molecule has 0 saturated heterocycles. The van der Waals surface area contributed by atoms with Crippen molar-refractivity contribution in [3.05, 3.63) is 12.3 Å². The number of ketones is 1. The van der Waals surface area contributed by atoms with Gasteiger partial charge in [-0.25, -0.2) is 0 Å². The molecule has 1 aliphatic heterocycles. The second kappa shape index (κ2) is 2.92. The number of rotatable bonds is 0. The Morgan fingerprint density at radius 3 is 2.67 bits per heavy atom. The third-order valence-corrected chi connectivity index (χ3v) is 2.83. The van der Waals surface area contributed by atoms with Gasteiger partial charge in [-0.3, -0.25) is 4.79 Å². The maximum absolute atomic E-state index is 11.2. The summed E-state index contributed by atoms with van der Waals surface area (Å²) in [7, 11) is 0. The molecule has 1 aliphatic carbocycles. The molecule has 12 heavy (non-hydrogen) atoms. The van der Waals surface area contributed by atoms with Crippen LogP contribution in [-0.2, 0) is 9.53 Å². The molecule has 1 heterocycles.